The Bertz CT molecular complexity index is 2190. The van der Waals surface area contributed by atoms with E-state index in [1.54, 1.807) is 86.4 Å². The van der Waals surface area contributed by atoms with Crippen molar-refractivity contribution < 1.29 is 76.3 Å². The van der Waals surface area contributed by atoms with Gasteiger partial charge in [0.05, 0.1) is 49.4 Å². The summed E-state index contributed by atoms with van der Waals surface area (Å²) >= 11 is 7.48. The molecule has 0 amide bonds. The maximum Gasteiger partial charge on any atom is 0.309 e. The Hall–Kier alpha value is -0.160. The van der Waals surface area contributed by atoms with Crippen molar-refractivity contribution in [2.75, 3.05) is 204 Å². The molecule has 0 bridgehead atoms. The van der Waals surface area contributed by atoms with Gasteiger partial charge in [-0.1, -0.05) is 272 Å². The Morgan fingerprint density at radius 1 is 0.238 bits per heavy atom. The number of nitrogens with zero attached hydrogens (tertiary/aromatic N) is 3. The number of ether oxygens (including phenoxy) is 8. The van der Waals surface area contributed by atoms with Crippen molar-refractivity contribution in [2.24, 2.45) is 47.3 Å². The average molecular weight is 1950 g/mol. The number of hydrogen-bond acceptors (Lipinski definition) is 31. The molecule has 718 valence electrons. The van der Waals surface area contributed by atoms with Gasteiger partial charge < -0.3 is 52.6 Å². The first kappa shape index (κ1) is 122. The third-order valence-electron chi connectivity index (χ3n) is 20.4. The van der Waals surface area contributed by atoms with Gasteiger partial charge in [0.1, 0.15) is 52.9 Å². The molecule has 0 aromatic heterocycles. The SMILES string of the molecule is CCCCCC(CCC)CSCC(C)C(=O)OCCSSCCOC(=O)CCN(CCCN(C)CCCN(CCC(=O)OCCSSCCOC(=O)C(C)CSCC(CCC)CCCCC)CCC(=O)OCCSSCCOC(=O)C(C)CSCC(CCC)CCCCC)CCC(=O)OCCSSCCOC(=O)C(C)CSCC(CCC)CCCCC. The Morgan fingerprint density at radius 2 is 0.443 bits per heavy atom. The molecule has 0 radical (unpaired) electrons. The minimum absolute atomic E-state index is 0.150. The predicted molar refractivity (Wildman–Crippen MR) is 542 cm³/mol. The fourth-order valence-corrected chi connectivity index (χ4v) is 25.0. The molecule has 122 heavy (non-hydrogen) atoms. The van der Waals surface area contributed by atoms with Gasteiger partial charge >= 0.3 is 47.8 Å². The molecule has 0 aliphatic carbocycles. The second kappa shape index (κ2) is 90.0. The Morgan fingerprint density at radius 3 is 0.639 bits per heavy atom. The van der Waals surface area contributed by atoms with E-state index in [4.69, 9.17) is 37.9 Å². The Balaban J connectivity index is 5.62. The van der Waals surface area contributed by atoms with Crippen LogP contribution >= 0.6 is 133 Å². The Labute approximate surface area is 792 Å². The lowest BCUT2D eigenvalue weighted by atomic mass is 9.98. The van der Waals surface area contributed by atoms with Crippen molar-refractivity contribution in [1.29, 1.82) is 0 Å². The molecule has 0 fully saturated rings. The van der Waals surface area contributed by atoms with Crippen LogP contribution in [0.3, 0.4) is 0 Å². The third kappa shape index (κ3) is 77.4. The van der Waals surface area contributed by atoms with E-state index in [0.29, 0.717) is 135 Å². The first-order valence-corrected chi connectivity index (χ1v) is 61.5. The molecule has 8 unspecified atom stereocenters. The summed E-state index contributed by atoms with van der Waals surface area (Å²) in [5.74, 6) is 12.8. The quantitative estimate of drug-likeness (QED) is 0.0239. The van der Waals surface area contributed by atoms with Gasteiger partial charge in [-0.15, -0.1) is 0 Å². The van der Waals surface area contributed by atoms with Crippen LogP contribution < -0.4 is 0 Å². The standard InChI is InChI=1S/C91H171N3O16S12/c1-14-22-26-36-80(32-18-5)72-111-68-76(9)88(99)107-56-64-119-115-60-52-103-84(95)40-48-93(49-41-85(96)104-53-61-116-120-65-57-108-89(100)77(10)69-112-73-81(33-19-6)37-27-23-15-2)46-30-44-92(13)45-31-47-94(50-42-86(97)105-54-62-117-121-66-58-109-90(101)78(11)70-113-74-82(34-20-7)38-28-24-16-3)51-43-87(98)106-55-63-118-122-67-59-110-91(102)79(12)71-114-75-83(35-21-8)39-29-25-17-4/h76-83H,14-75H2,1-13H3. The summed E-state index contributed by atoms with van der Waals surface area (Å²) in [6, 6.07) is 0. The maximum absolute atomic E-state index is 13.2. The van der Waals surface area contributed by atoms with E-state index in [1.165, 1.54) is 154 Å². The highest BCUT2D eigenvalue weighted by Gasteiger charge is 2.23. The molecule has 0 heterocycles. The van der Waals surface area contributed by atoms with Crippen molar-refractivity contribution in [3.63, 3.8) is 0 Å². The van der Waals surface area contributed by atoms with Crippen LogP contribution in [0.15, 0.2) is 0 Å². The van der Waals surface area contributed by atoms with Gasteiger partial charge in [-0.25, -0.2) is 0 Å². The van der Waals surface area contributed by atoms with E-state index >= 15 is 0 Å². The van der Waals surface area contributed by atoms with Gasteiger partial charge in [-0.2, -0.15) is 47.0 Å². The summed E-state index contributed by atoms with van der Waals surface area (Å²) in [5.41, 5.74) is 0. The highest BCUT2D eigenvalue weighted by Crippen LogP contribution is 2.30. The Kier molecular flexibility index (Phi) is 89.9. The lowest BCUT2D eigenvalue weighted by molar-refractivity contribution is -0.147. The second-order valence-electron chi connectivity index (χ2n) is 32.2. The van der Waals surface area contributed by atoms with Gasteiger partial charge in [0.25, 0.3) is 0 Å². The molecule has 0 aliphatic heterocycles. The number of rotatable bonds is 92. The molecule has 0 saturated carbocycles. The van der Waals surface area contributed by atoms with Crippen molar-refractivity contribution in [2.45, 2.75) is 276 Å². The minimum atomic E-state index is -0.310. The zero-order valence-corrected chi connectivity index (χ0v) is 88.0. The maximum atomic E-state index is 13.2. The summed E-state index contributed by atoms with van der Waals surface area (Å²) in [6.07, 6.45) is 32.1. The molecule has 8 atom stereocenters. The van der Waals surface area contributed by atoms with E-state index in [-0.39, 0.29) is 124 Å². The lowest BCUT2D eigenvalue weighted by Gasteiger charge is -2.25. The zero-order valence-electron chi connectivity index (χ0n) is 78.2. The molecule has 0 aromatic carbocycles. The largest absolute Gasteiger partial charge is 0.465 e. The summed E-state index contributed by atoms with van der Waals surface area (Å²) in [7, 11) is 14.8. The normalized spacial score (nSPS) is 13.6. The fourth-order valence-electron chi connectivity index (χ4n) is 13.2. The molecule has 0 N–H and O–H groups in total. The third-order valence-corrected chi connectivity index (χ3v) is 35.5. The van der Waals surface area contributed by atoms with E-state index in [9.17, 15) is 38.4 Å². The number of esters is 8. The fraction of sp³-hybridized carbons (Fsp3) is 0.912. The molecule has 0 aliphatic rings. The second-order valence-corrected chi connectivity index (χ2v) is 47.3. The van der Waals surface area contributed by atoms with Crippen molar-refractivity contribution in [1.82, 2.24) is 14.7 Å². The highest BCUT2D eigenvalue weighted by molar-refractivity contribution is 8.77. The van der Waals surface area contributed by atoms with Crippen molar-refractivity contribution in [3.8, 4) is 0 Å². The van der Waals surface area contributed by atoms with Crippen LogP contribution in [0.5, 0.6) is 0 Å². The van der Waals surface area contributed by atoms with E-state index < -0.39 is 0 Å². The molecular formula is C91H171N3O16S12. The van der Waals surface area contributed by atoms with Crippen LogP contribution in [0.2, 0.25) is 0 Å². The van der Waals surface area contributed by atoms with Crippen LogP contribution in [-0.2, 0) is 76.3 Å². The monoisotopic (exact) mass is 1950 g/mol. The molecular weight excluding hydrogens is 1780 g/mol. The molecule has 19 nitrogen and oxygen atoms in total. The number of carbonyl (C=O) groups is 8. The van der Waals surface area contributed by atoms with Gasteiger partial charge in [-0.05, 0) is 144 Å². The smallest absolute Gasteiger partial charge is 0.309 e. The van der Waals surface area contributed by atoms with E-state index in [0.717, 1.165) is 72.0 Å². The van der Waals surface area contributed by atoms with Crippen LogP contribution in [-0.4, -0.2) is 267 Å². The molecule has 31 heteroatoms. The van der Waals surface area contributed by atoms with Crippen LogP contribution in [0.4, 0.5) is 0 Å². The molecule has 0 rings (SSSR count). The van der Waals surface area contributed by atoms with Crippen LogP contribution in [0.1, 0.15) is 276 Å². The average Bonchev–Trinajstić information content (AvgIpc) is 0.970. The molecule has 0 aromatic rings. The van der Waals surface area contributed by atoms with Crippen LogP contribution in [0, 0.1) is 47.3 Å². The predicted octanol–water partition coefficient (Wildman–Crippen LogP) is 23.2. The van der Waals surface area contributed by atoms with Gasteiger partial charge in [0, 0.05) is 95.2 Å². The summed E-state index contributed by atoms with van der Waals surface area (Å²) in [5, 5.41) is 0. The van der Waals surface area contributed by atoms with E-state index in [1.807, 2.05) is 74.7 Å². The van der Waals surface area contributed by atoms with Crippen molar-refractivity contribution >= 4 is 181 Å². The number of thioether (sulfide) groups is 4. The van der Waals surface area contributed by atoms with Gasteiger partial charge in [0.15, 0.2) is 0 Å². The summed E-state index contributed by atoms with van der Waals surface area (Å²) < 4.78 is 45.1. The summed E-state index contributed by atoms with van der Waals surface area (Å²) in [6.45, 7) is 32.5. The minimum Gasteiger partial charge on any atom is -0.465 e. The first-order valence-electron chi connectivity index (χ1n) is 46.9. The number of unbranched alkanes of at least 4 members (excludes halogenated alkanes) is 8. The number of hydrogen-bond donors (Lipinski definition) is 0. The van der Waals surface area contributed by atoms with Crippen LogP contribution in [0.25, 0.3) is 0 Å². The zero-order chi connectivity index (χ0) is 90.0. The number of carbonyl (C=O) groups excluding carboxylic acids is 8. The topological polar surface area (TPSA) is 220 Å². The van der Waals surface area contributed by atoms with Gasteiger partial charge in [0.2, 0.25) is 0 Å². The summed E-state index contributed by atoms with van der Waals surface area (Å²) in [4.78, 5) is 110. The first-order chi connectivity index (χ1) is 59.2. The lowest BCUT2D eigenvalue weighted by Crippen LogP contribution is -2.34. The van der Waals surface area contributed by atoms with Crippen molar-refractivity contribution in [3.05, 3.63) is 0 Å². The van der Waals surface area contributed by atoms with Gasteiger partial charge in [-0.3, -0.25) is 38.4 Å². The molecule has 0 saturated heterocycles. The highest BCUT2D eigenvalue weighted by atomic mass is 33.1. The molecule has 0 spiro atoms. The van der Waals surface area contributed by atoms with E-state index in [2.05, 4.69) is 77.1 Å².